The lowest BCUT2D eigenvalue weighted by molar-refractivity contribution is -0.936. The SMILES string of the molecule is CCC[C@@H](c1nnnn1CCc1ccccc1)[NH+]1CCN(C(=O)c2ccco2)CC1. The van der Waals surface area contributed by atoms with Crippen molar-refractivity contribution >= 4 is 5.91 Å². The van der Waals surface area contributed by atoms with Crippen LogP contribution in [0.15, 0.2) is 53.1 Å². The van der Waals surface area contributed by atoms with Gasteiger partial charge in [-0.15, -0.1) is 5.10 Å². The number of tetrazole rings is 1. The molecular weight excluding hydrogens is 380 g/mol. The Bertz CT molecular complexity index is 916. The van der Waals surface area contributed by atoms with Crippen molar-refractivity contribution in [3.05, 3.63) is 65.9 Å². The van der Waals surface area contributed by atoms with E-state index in [1.807, 2.05) is 15.6 Å². The fourth-order valence-corrected chi connectivity index (χ4v) is 4.21. The van der Waals surface area contributed by atoms with Gasteiger partial charge in [0.2, 0.25) is 5.82 Å². The smallest absolute Gasteiger partial charge is 0.289 e. The summed E-state index contributed by atoms with van der Waals surface area (Å²) in [6.45, 7) is 6.14. The van der Waals surface area contributed by atoms with Crippen LogP contribution in [0.3, 0.4) is 0 Å². The van der Waals surface area contributed by atoms with Gasteiger partial charge in [0.15, 0.2) is 5.76 Å². The summed E-state index contributed by atoms with van der Waals surface area (Å²) in [4.78, 5) is 15.9. The van der Waals surface area contributed by atoms with Gasteiger partial charge >= 0.3 is 0 Å². The summed E-state index contributed by atoms with van der Waals surface area (Å²) in [5, 5.41) is 12.7. The van der Waals surface area contributed by atoms with E-state index >= 15 is 0 Å². The highest BCUT2D eigenvalue weighted by molar-refractivity contribution is 5.91. The predicted octanol–water partition coefficient (Wildman–Crippen LogP) is 1.39. The molecule has 1 aromatic carbocycles. The predicted molar refractivity (Wildman–Crippen MR) is 111 cm³/mol. The molecule has 0 bridgehead atoms. The quantitative estimate of drug-likeness (QED) is 0.608. The lowest BCUT2D eigenvalue weighted by Crippen LogP contribution is -3.15. The number of aryl methyl sites for hydroxylation is 2. The number of carbonyl (C=O) groups is 1. The van der Waals surface area contributed by atoms with Crippen LogP contribution in [0.5, 0.6) is 0 Å². The number of piperazine rings is 1. The maximum atomic E-state index is 12.6. The molecule has 1 fully saturated rings. The molecule has 2 aromatic heterocycles. The topological polar surface area (TPSA) is 81.5 Å². The van der Waals surface area contributed by atoms with Crippen molar-refractivity contribution in [2.24, 2.45) is 0 Å². The molecule has 1 atom stereocenters. The Balaban J connectivity index is 1.41. The van der Waals surface area contributed by atoms with Crippen LogP contribution in [0, 0.1) is 0 Å². The van der Waals surface area contributed by atoms with Crippen LogP contribution in [0.25, 0.3) is 0 Å². The van der Waals surface area contributed by atoms with E-state index in [-0.39, 0.29) is 11.9 Å². The minimum absolute atomic E-state index is 0.0289. The highest BCUT2D eigenvalue weighted by Gasteiger charge is 2.33. The zero-order valence-electron chi connectivity index (χ0n) is 17.4. The van der Waals surface area contributed by atoms with Gasteiger partial charge in [-0.3, -0.25) is 4.79 Å². The lowest BCUT2D eigenvalue weighted by Gasteiger charge is -2.35. The first-order valence-corrected chi connectivity index (χ1v) is 10.7. The van der Waals surface area contributed by atoms with Crippen LogP contribution in [0.1, 0.15) is 47.7 Å². The minimum atomic E-state index is -0.0289. The van der Waals surface area contributed by atoms with Crippen molar-refractivity contribution in [2.45, 2.75) is 38.8 Å². The van der Waals surface area contributed by atoms with Gasteiger partial charge in [0.25, 0.3) is 5.91 Å². The maximum Gasteiger partial charge on any atom is 0.289 e. The molecule has 8 heteroatoms. The molecule has 3 aromatic rings. The number of carbonyl (C=O) groups excluding carboxylic acids is 1. The number of hydrogen-bond donors (Lipinski definition) is 1. The summed E-state index contributed by atoms with van der Waals surface area (Å²) in [5.41, 5.74) is 1.28. The molecule has 1 amide bonds. The number of amides is 1. The first-order valence-electron chi connectivity index (χ1n) is 10.7. The van der Waals surface area contributed by atoms with Crippen molar-refractivity contribution in [3.8, 4) is 0 Å². The van der Waals surface area contributed by atoms with Gasteiger partial charge < -0.3 is 14.2 Å². The molecule has 4 rings (SSSR count). The zero-order chi connectivity index (χ0) is 20.8. The Labute approximate surface area is 176 Å². The molecule has 158 valence electrons. The van der Waals surface area contributed by atoms with Gasteiger partial charge in [0.1, 0.15) is 6.04 Å². The Hall–Kier alpha value is -3.00. The summed E-state index contributed by atoms with van der Waals surface area (Å²) >= 11 is 0. The molecule has 0 unspecified atom stereocenters. The second kappa shape index (κ2) is 9.67. The summed E-state index contributed by atoms with van der Waals surface area (Å²) in [5.74, 6) is 1.33. The molecule has 3 heterocycles. The minimum Gasteiger partial charge on any atom is -0.459 e. The molecule has 1 aliphatic heterocycles. The number of hydrogen-bond acceptors (Lipinski definition) is 5. The average Bonchev–Trinajstić information content (AvgIpc) is 3.49. The number of quaternary nitrogens is 1. The van der Waals surface area contributed by atoms with Crippen molar-refractivity contribution in [2.75, 3.05) is 26.2 Å². The maximum absolute atomic E-state index is 12.6. The fraction of sp³-hybridized carbons (Fsp3) is 0.455. The normalized spacial score (nSPS) is 16.0. The van der Waals surface area contributed by atoms with E-state index in [0.29, 0.717) is 18.8 Å². The second-order valence-electron chi connectivity index (χ2n) is 7.76. The van der Waals surface area contributed by atoms with Crippen LogP contribution in [-0.2, 0) is 13.0 Å². The largest absolute Gasteiger partial charge is 0.459 e. The molecule has 30 heavy (non-hydrogen) atoms. The Kier molecular flexibility index (Phi) is 6.53. The van der Waals surface area contributed by atoms with E-state index in [0.717, 1.165) is 44.7 Å². The zero-order valence-corrected chi connectivity index (χ0v) is 17.4. The van der Waals surface area contributed by atoms with Crippen molar-refractivity contribution in [1.29, 1.82) is 0 Å². The Morgan fingerprint density at radius 3 is 2.67 bits per heavy atom. The van der Waals surface area contributed by atoms with Gasteiger partial charge in [-0.25, -0.2) is 4.68 Å². The third kappa shape index (κ3) is 4.59. The third-order valence-corrected chi connectivity index (χ3v) is 5.82. The van der Waals surface area contributed by atoms with Crippen LogP contribution >= 0.6 is 0 Å². The second-order valence-corrected chi connectivity index (χ2v) is 7.76. The van der Waals surface area contributed by atoms with Crippen molar-refractivity contribution in [3.63, 3.8) is 0 Å². The van der Waals surface area contributed by atoms with Crippen molar-refractivity contribution < 1.29 is 14.1 Å². The number of nitrogens with one attached hydrogen (secondary N) is 1. The van der Waals surface area contributed by atoms with Gasteiger partial charge in [0, 0.05) is 13.0 Å². The first-order chi connectivity index (χ1) is 14.8. The highest BCUT2D eigenvalue weighted by Crippen LogP contribution is 2.14. The molecule has 0 saturated carbocycles. The van der Waals surface area contributed by atoms with Crippen LogP contribution in [0.4, 0.5) is 0 Å². The average molecular weight is 410 g/mol. The number of benzene rings is 1. The van der Waals surface area contributed by atoms with E-state index in [9.17, 15) is 4.79 Å². The number of nitrogens with zero attached hydrogens (tertiary/aromatic N) is 5. The number of aromatic nitrogens is 4. The standard InChI is InChI=1S/C22H28N6O2/c1-2-7-19(21-23-24-25-28(21)12-11-18-8-4-3-5-9-18)26-13-15-27(16-14-26)22(29)20-10-6-17-30-20/h3-6,8-10,17,19H,2,7,11-16H2,1H3/p+1/t19-/m0/s1. The summed E-state index contributed by atoms with van der Waals surface area (Å²) in [7, 11) is 0. The summed E-state index contributed by atoms with van der Waals surface area (Å²) < 4.78 is 7.23. The van der Waals surface area contributed by atoms with E-state index < -0.39 is 0 Å². The first kappa shape index (κ1) is 20.3. The van der Waals surface area contributed by atoms with Gasteiger partial charge in [0.05, 0.1) is 32.4 Å². The molecule has 0 aliphatic carbocycles. The van der Waals surface area contributed by atoms with Crippen LogP contribution < -0.4 is 4.90 Å². The van der Waals surface area contributed by atoms with E-state index in [2.05, 4.69) is 46.7 Å². The van der Waals surface area contributed by atoms with Crippen molar-refractivity contribution in [1.82, 2.24) is 25.1 Å². The number of rotatable bonds is 8. The summed E-state index contributed by atoms with van der Waals surface area (Å²) in [6.07, 6.45) is 4.53. The molecule has 0 spiro atoms. The number of furan rings is 1. The van der Waals surface area contributed by atoms with E-state index in [1.54, 1.807) is 18.4 Å². The lowest BCUT2D eigenvalue weighted by atomic mass is 10.1. The molecule has 1 saturated heterocycles. The van der Waals surface area contributed by atoms with Crippen LogP contribution in [-0.4, -0.2) is 57.2 Å². The third-order valence-electron chi connectivity index (χ3n) is 5.82. The van der Waals surface area contributed by atoms with E-state index in [4.69, 9.17) is 4.42 Å². The van der Waals surface area contributed by atoms with Gasteiger partial charge in [-0.2, -0.15) is 0 Å². The molecule has 8 nitrogen and oxygen atoms in total. The van der Waals surface area contributed by atoms with Crippen LogP contribution in [0.2, 0.25) is 0 Å². The molecular formula is C22H29N6O2+. The van der Waals surface area contributed by atoms with E-state index in [1.165, 1.54) is 10.5 Å². The fourth-order valence-electron chi connectivity index (χ4n) is 4.21. The summed E-state index contributed by atoms with van der Waals surface area (Å²) in [6, 6.07) is 14.1. The van der Waals surface area contributed by atoms with Gasteiger partial charge in [-0.1, -0.05) is 43.7 Å². The van der Waals surface area contributed by atoms with Gasteiger partial charge in [-0.05, 0) is 34.5 Å². The highest BCUT2D eigenvalue weighted by atomic mass is 16.3. The monoisotopic (exact) mass is 409 g/mol. The Morgan fingerprint density at radius 1 is 1.17 bits per heavy atom. The Morgan fingerprint density at radius 2 is 1.97 bits per heavy atom. The molecule has 1 aliphatic rings. The molecule has 0 radical (unpaired) electrons. The molecule has 1 N–H and O–H groups in total.